The van der Waals surface area contributed by atoms with E-state index in [1.165, 1.54) is 28.8 Å². The summed E-state index contributed by atoms with van der Waals surface area (Å²) in [6.45, 7) is 2.05. The molecule has 1 heterocycles. The summed E-state index contributed by atoms with van der Waals surface area (Å²) < 4.78 is 15.3. The number of benzene rings is 2. The molecule has 2 N–H and O–H groups in total. The number of nitrogens with zero attached hydrogens (tertiary/aromatic N) is 3. The van der Waals surface area contributed by atoms with Crippen LogP contribution in [0.4, 0.5) is 10.1 Å². The summed E-state index contributed by atoms with van der Waals surface area (Å²) in [4.78, 5) is 13.5. The molecular formula is C20H23FN5OS+. The van der Waals surface area contributed by atoms with Crippen molar-refractivity contribution < 1.29 is 14.1 Å². The standard InChI is InChI=1S/C20H22FN5OS/c1-14(25(2)3)19-23-24-20(26(19)17-11-9-15(21)10-12-17)28-13-18(27)22-16-7-5-4-6-8-16/h4-12,14H,13H2,1-3H3,(H,22,27)/p+1/t14-/m0/s1. The molecule has 1 atom stereocenters. The van der Waals surface area contributed by atoms with Gasteiger partial charge in [0, 0.05) is 11.4 Å². The van der Waals surface area contributed by atoms with Gasteiger partial charge >= 0.3 is 0 Å². The quantitative estimate of drug-likeness (QED) is 0.598. The van der Waals surface area contributed by atoms with Crippen LogP contribution in [0.5, 0.6) is 0 Å². The summed E-state index contributed by atoms with van der Waals surface area (Å²) in [5.41, 5.74) is 1.51. The fourth-order valence-corrected chi connectivity index (χ4v) is 3.35. The molecule has 0 aliphatic rings. The van der Waals surface area contributed by atoms with Gasteiger partial charge in [0.15, 0.2) is 11.0 Å². The van der Waals surface area contributed by atoms with Crippen molar-refractivity contribution in [3.05, 3.63) is 66.2 Å². The van der Waals surface area contributed by atoms with E-state index in [0.717, 1.165) is 17.2 Å². The van der Waals surface area contributed by atoms with Crippen molar-refractivity contribution in [2.24, 2.45) is 0 Å². The number of thioether (sulfide) groups is 1. The van der Waals surface area contributed by atoms with E-state index in [1.54, 1.807) is 12.1 Å². The first-order valence-corrected chi connectivity index (χ1v) is 9.93. The lowest BCUT2D eigenvalue weighted by molar-refractivity contribution is -0.890. The van der Waals surface area contributed by atoms with Crippen LogP contribution >= 0.6 is 11.8 Å². The number of para-hydroxylation sites is 1. The van der Waals surface area contributed by atoms with Gasteiger partial charge in [-0.05, 0) is 43.3 Å². The minimum atomic E-state index is -0.305. The van der Waals surface area contributed by atoms with Gasteiger partial charge in [-0.2, -0.15) is 0 Å². The van der Waals surface area contributed by atoms with Crippen LogP contribution < -0.4 is 10.2 Å². The zero-order chi connectivity index (χ0) is 20.1. The van der Waals surface area contributed by atoms with Gasteiger partial charge in [-0.15, -0.1) is 10.2 Å². The molecule has 0 saturated heterocycles. The molecule has 3 rings (SSSR count). The molecule has 28 heavy (non-hydrogen) atoms. The molecule has 8 heteroatoms. The van der Waals surface area contributed by atoms with E-state index in [-0.39, 0.29) is 23.5 Å². The molecule has 0 radical (unpaired) electrons. The van der Waals surface area contributed by atoms with Gasteiger partial charge in [0.2, 0.25) is 5.91 Å². The highest BCUT2D eigenvalue weighted by atomic mass is 32.2. The van der Waals surface area contributed by atoms with Gasteiger partial charge in [-0.1, -0.05) is 30.0 Å². The fourth-order valence-electron chi connectivity index (χ4n) is 2.59. The van der Waals surface area contributed by atoms with Crippen LogP contribution in [-0.2, 0) is 4.79 Å². The number of aromatic nitrogens is 3. The average molecular weight is 401 g/mol. The van der Waals surface area contributed by atoms with Crippen LogP contribution in [0.3, 0.4) is 0 Å². The maximum absolute atomic E-state index is 13.4. The lowest BCUT2D eigenvalue weighted by atomic mass is 10.2. The van der Waals surface area contributed by atoms with Gasteiger partial charge in [0.25, 0.3) is 0 Å². The first kappa shape index (κ1) is 20.0. The predicted octanol–water partition coefficient (Wildman–Crippen LogP) is 2.34. The Morgan fingerprint density at radius 1 is 1.14 bits per heavy atom. The maximum Gasteiger partial charge on any atom is 0.234 e. The van der Waals surface area contributed by atoms with E-state index in [9.17, 15) is 9.18 Å². The SMILES string of the molecule is C[C@@H](c1nnc(SCC(=O)Nc2ccccc2)n1-c1ccc(F)cc1)[NH+](C)C. The molecule has 146 valence electrons. The Morgan fingerprint density at radius 2 is 1.82 bits per heavy atom. The number of carbonyl (C=O) groups is 1. The molecule has 0 bridgehead atoms. The molecule has 0 saturated carbocycles. The van der Waals surface area contributed by atoms with E-state index in [4.69, 9.17) is 0 Å². The number of carbonyl (C=O) groups excluding carboxylic acids is 1. The van der Waals surface area contributed by atoms with Crippen molar-refractivity contribution in [2.45, 2.75) is 18.1 Å². The largest absolute Gasteiger partial charge is 0.331 e. The summed E-state index contributed by atoms with van der Waals surface area (Å²) in [6.07, 6.45) is 0. The molecule has 1 amide bonds. The van der Waals surface area contributed by atoms with Crippen LogP contribution in [0, 0.1) is 5.82 Å². The Kier molecular flexibility index (Phi) is 6.43. The molecule has 0 spiro atoms. The number of hydrogen-bond acceptors (Lipinski definition) is 4. The highest BCUT2D eigenvalue weighted by Crippen LogP contribution is 2.24. The van der Waals surface area contributed by atoms with Crippen molar-refractivity contribution in [3.8, 4) is 5.69 Å². The second-order valence-electron chi connectivity index (χ2n) is 6.65. The fraction of sp³-hybridized carbons (Fsp3) is 0.250. The Balaban J connectivity index is 1.82. The first-order chi connectivity index (χ1) is 13.5. The van der Waals surface area contributed by atoms with Crippen LogP contribution in [0.1, 0.15) is 18.8 Å². The van der Waals surface area contributed by atoms with Crippen LogP contribution in [-0.4, -0.2) is 40.5 Å². The van der Waals surface area contributed by atoms with Crippen LogP contribution in [0.25, 0.3) is 5.69 Å². The van der Waals surface area contributed by atoms with E-state index in [2.05, 4.69) is 22.4 Å². The Morgan fingerprint density at radius 3 is 2.46 bits per heavy atom. The number of nitrogens with one attached hydrogen (secondary N) is 2. The van der Waals surface area contributed by atoms with Crippen molar-refractivity contribution in [3.63, 3.8) is 0 Å². The lowest BCUT2D eigenvalue weighted by Crippen LogP contribution is -3.05. The van der Waals surface area contributed by atoms with Gasteiger partial charge < -0.3 is 10.2 Å². The maximum atomic E-state index is 13.4. The summed E-state index contributed by atoms with van der Waals surface area (Å²) in [5, 5.41) is 12.1. The minimum Gasteiger partial charge on any atom is -0.331 e. The molecule has 2 aromatic carbocycles. The molecule has 0 fully saturated rings. The monoisotopic (exact) mass is 400 g/mol. The first-order valence-electron chi connectivity index (χ1n) is 8.94. The highest BCUT2D eigenvalue weighted by molar-refractivity contribution is 7.99. The number of anilines is 1. The van der Waals surface area contributed by atoms with E-state index >= 15 is 0 Å². The zero-order valence-electron chi connectivity index (χ0n) is 16.0. The molecule has 6 nitrogen and oxygen atoms in total. The normalized spacial score (nSPS) is 12.2. The number of hydrogen-bond donors (Lipinski definition) is 2. The zero-order valence-corrected chi connectivity index (χ0v) is 16.8. The minimum absolute atomic E-state index is 0.0741. The topological polar surface area (TPSA) is 64.2 Å². The number of amides is 1. The van der Waals surface area contributed by atoms with Gasteiger partial charge in [-0.3, -0.25) is 9.36 Å². The van der Waals surface area contributed by atoms with E-state index < -0.39 is 0 Å². The molecule has 0 unspecified atom stereocenters. The van der Waals surface area contributed by atoms with Crippen LogP contribution in [0.15, 0.2) is 59.8 Å². The summed E-state index contributed by atoms with van der Waals surface area (Å²) >= 11 is 1.30. The second kappa shape index (κ2) is 8.99. The predicted molar refractivity (Wildman–Crippen MR) is 108 cm³/mol. The second-order valence-corrected chi connectivity index (χ2v) is 7.60. The molecule has 1 aromatic heterocycles. The van der Waals surface area contributed by atoms with Gasteiger partial charge in [0.05, 0.1) is 19.8 Å². The third-order valence-corrected chi connectivity index (χ3v) is 5.32. The number of rotatable bonds is 7. The third-order valence-electron chi connectivity index (χ3n) is 4.39. The average Bonchev–Trinajstić information content (AvgIpc) is 3.11. The van der Waals surface area contributed by atoms with Crippen molar-refractivity contribution >= 4 is 23.4 Å². The molecule has 0 aliphatic heterocycles. The number of quaternary nitrogens is 1. The van der Waals surface area contributed by atoms with Gasteiger partial charge in [0.1, 0.15) is 11.9 Å². The Labute approximate surface area is 167 Å². The Hall–Kier alpha value is -2.71. The van der Waals surface area contributed by atoms with E-state index in [0.29, 0.717) is 5.16 Å². The molecule has 0 aliphatic carbocycles. The molecular weight excluding hydrogens is 377 g/mol. The van der Waals surface area contributed by atoms with E-state index in [1.807, 2.05) is 49.0 Å². The third kappa shape index (κ3) is 4.76. The summed E-state index contributed by atoms with van der Waals surface area (Å²) in [6, 6.07) is 15.6. The summed E-state index contributed by atoms with van der Waals surface area (Å²) in [7, 11) is 4.07. The van der Waals surface area contributed by atoms with Crippen molar-refractivity contribution in [1.29, 1.82) is 0 Å². The molecule has 3 aromatic rings. The number of halogens is 1. The van der Waals surface area contributed by atoms with Crippen molar-refractivity contribution in [2.75, 3.05) is 25.2 Å². The Bertz CT molecular complexity index is 928. The summed E-state index contributed by atoms with van der Waals surface area (Å²) in [5.74, 6) is 0.522. The van der Waals surface area contributed by atoms with Crippen LogP contribution in [0.2, 0.25) is 0 Å². The van der Waals surface area contributed by atoms with Gasteiger partial charge in [-0.25, -0.2) is 4.39 Å². The highest BCUT2D eigenvalue weighted by Gasteiger charge is 2.23. The van der Waals surface area contributed by atoms with Crippen molar-refractivity contribution in [1.82, 2.24) is 14.8 Å². The lowest BCUT2D eigenvalue weighted by Gasteiger charge is -2.18. The smallest absolute Gasteiger partial charge is 0.234 e.